The second-order valence-corrected chi connectivity index (χ2v) is 4.64. The van der Waals surface area contributed by atoms with Crippen molar-refractivity contribution >= 4 is 11.6 Å². The van der Waals surface area contributed by atoms with Gasteiger partial charge >= 0.3 is 0 Å². The Bertz CT molecular complexity index is 539. The maximum absolute atomic E-state index is 6.18. The van der Waals surface area contributed by atoms with Gasteiger partial charge in [-0.15, -0.1) is 0 Å². The predicted octanol–water partition coefficient (Wildman–Crippen LogP) is 2.85. The van der Waals surface area contributed by atoms with Crippen molar-refractivity contribution in [2.24, 2.45) is 0 Å². The number of hydrogen-bond acceptors (Lipinski definition) is 3. The highest BCUT2D eigenvalue weighted by atomic mass is 35.5. The van der Waals surface area contributed by atoms with Gasteiger partial charge in [-0.1, -0.05) is 17.7 Å². The molecule has 102 valence electrons. The van der Waals surface area contributed by atoms with E-state index in [1.54, 1.807) is 7.11 Å². The van der Waals surface area contributed by atoms with Gasteiger partial charge in [0.1, 0.15) is 5.75 Å². The molecule has 2 aromatic rings. The molecule has 0 saturated heterocycles. The molecule has 5 heteroatoms. The highest BCUT2D eigenvalue weighted by Gasteiger charge is 2.07. The third-order valence-electron chi connectivity index (χ3n) is 2.94. The molecule has 2 rings (SSSR count). The van der Waals surface area contributed by atoms with Crippen LogP contribution >= 0.6 is 11.6 Å². The van der Waals surface area contributed by atoms with Gasteiger partial charge in [-0.05, 0) is 19.1 Å². The average Bonchev–Trinajstić information content (AvgIpc) is 2.88. The minimum absolute atomic E-state index is 0.667. The third kappa shape index (κ3) is 3.49. The fourth-order valence-corrected chi connectivity index (χ4v) is 2.14. The first kappa shape index (κ1) is 13.9. The van der Waals surface area contributed by atoms with E-state index in [1.807, 2.05) is 35.3 Å². The van der Waals surface area contributed by atoms with E-state index in [2.05, 4.69) is 17.3 Å². The molecule has 19 heavy (non-hydrogen) atoms. The van der Waals surface area contributed by atoms with Crippen LogP contribution in [0, 0.1) is 0 Å². The second-order valence-electron chi connectivity index (χ2n) is 4.23. The highest BCUT2D eigenvalue weighted by Crippen LogP contribution is 2.25. The molecule has 1 aromatic carbocycles. The van der Waals surface area contributed by atoms with Crippen molar-refractivity contribution in [3.63, 3.8) is 0 Å². The summed E-state index contributed by atoms with van der Waals surface area (Å²) in [6, 6.07) is 5.67. The van der Waals surface area contributed by atoms with E-state index in [0.717, 1.165) is 35.0 Å². The van der Waals surface area contributed by atoms with Crippen LogP contribution in [-0.4, -0.2) is 16.9 Å². The number of benzene rings is 1. The second kappa shape index (κ2) is 6.59. The standard InChI is InChI=1S/C14H18ClN3O/c1-3-18-10-11(8-17-18)7-16-9-12-13(15)5-4-6-14(12)19-2/h4-6,8,10,16H,3,7,9H2,1-2H3. The van der Waals surface area contributed by atoms with E-state index in [-0.39, 0.29) is 0 Å². The lowest BCUT2D eigenvalue weighted by atomic mass is 10.2. The summed E-state index contributed by atoms with van der Waals surface area (Å²) in [5.41, 5.74) is 2.14. The van der Waals surface area contributed by atoms with Crippen molar-refractivity contribution in [3.05, 3.63) is 46.7 Å². The molecule has 0 bridgehead atoms. The number of nitrogens with zero attached hydrogens (tertiary/aromatic N) is 2. The molecule has 0 spiro atoms. The van der Waals surface area contributed by atoms with E-state index in [4.69, 9.17) is 16.3 Å². The number of ether oxygens (including phenoxy) is 1. The summed E-state index contributed by atoms with van der Waals surface area (Å²) >= 11 is 6.18. The number of aromatic nitrogens is 2. The Labute approximate surface area is 118 Å². The molecule has 0 radical (unpaired) electrons. The van der Waals surface area contributed by atoms with Crippen LogP contribution in [0.15, 0.2) is 30.6 Å². The van der Waals surface area contributed by atoms with E-state index in [9.17, 15) is 0 Å². The molecule has 1 aromatic heterocycles. The zero-order valence-corrected chi connectivity index (χ0v) is 11.9. The van der Waals surface area contributed by atoms with Crippen LogP contribution < -0.4 is 10.1 Å². The Morgan fingerprint density at radius 2 is 2.21 bits per heavy atom. The number of aryl methyl sites for hydroxylation is 1. The van der Waals surface area contributed by atoms with E-state index >= 15 is 0 Å². The van der Waals surface area contributed by atoms with Crippen molar-refractivity contribution < 1.29 is 4.74 Å². The summed E-state index contributed by atoms with van der Waals surface area (Å²) in [6.45, 7) is 4.38. The summed E-state index contributed by atoms with van der Waals surface area (Å²) in [5, 5.41) is 8.31. The van der Waals surface area contributed by atoms with E-state index < -0.39 is 0 Å². The number of nitrogens with one attached hydrogen (secondary N) is 1. The van der Waals surface area contributed by atoms with Gasteiger partial charge in [0, 0.05) is 42.0 Å². The molecule has 0 unspecified atom stereocenters. The van der Waals surface area contributed by atoms with Gasteiger partial charge in [-0.3, -0.25) is 4.68 Å². The predicted molar refractivity (Wildman–Crippen MR) is 76.4 cm³/mol. The maximum atomic E-state index is 6.18. The Balaban J connectivity index is 1.95. The minimum atomic E-state index is 0.667. The molecule has 0 aliphatic carbocycles. The first-order valence-corrected chi connectivity index (χ1v) is 6.65. The van der Waals surface area contributed by atoms with Gasteiger partial charge in [-0.25, -0.2) is 0 Å². The molecule has 1 heterocycles. The van der Waals surface area contributed by atoms with Gasteiger partial charge in [0.05, 0.1) is 13.3 Å². The molecule has 0 aliphatic heterocycles. The molecular formula is C14H18ClN3O. The van der Waals surface area contributed by atoms with Crippen LogP contribution in [-0.2, 0) is 19.6 Å². The van der Waals surface area contributed by atoms with Crippen molar-refractivity contribution in [1.29, 1.82) is 0 Å². The normalized spacial score (nSPS) is 10.7. The quantitative estimate of drug-likeness (QED) is 0.884. The van der Waals surface area contributed by atoms with Gasteiger partial charge < -0.3 is 10.1 Å². The fraction of sp³-hybridized carbons (Fsp3) is 0.357. The maximum Gasteiger partial charge on any atom is 0.124 e. The van der Waals surface area contributed by atoms with Crippen LogP contribution in [0.1, 0.15) is 18.1 Å². The third-order valence-corrected chi connectivity index (χ3v) is 3.29. The lowest BCUT2D eigenvalue weighted by molar-refractivity contribution is 0.407. The van der Waals surface area contributed by atoms with Crippen molar-refractivity contribution in [2.75, 3.05) is 7.11 Å². The molecule has 0 fully saturated rings. The average molecular weight is 280 g/mol. The monoisotopic (exact) mass is 279 g/mol. The van der Waals surface area contributed by atoms with Crippen LogP contribution in [0.5, 0.6) is 5.75 Å². The first-order valence-electron chi connectivity index (χ1n) is 6.28. The van der Waals surface area contributed by atoms with Crippen LogP contribution in [0.25, 0.3) is 0 Å². The zero-order valence-electron chi connectivity index (χ0n) is 11.2. The molecule has 0 amide bonds. The van der Waals surface area contributed by atoms with Crippen LogP contribution in [0.4, 0.5) is 0 Å². The summed E-state index contributed by atoms with van der Waals surface area (Å²) in [4.78, 5) is 0. The first-order chi connectivity index (χ1) is 9.24. The molecule has 1 N–H and O–H groups in total. The topological polar surface area (TPSA) is 39.1 Å². The molecular weight excluding hydrogens is 262 g/mol. The van der Waals surface area contributed by atoms with Crippen molar-refractivity contribution in [1.82, 2.24) is 15.1 Å². The van der Waals surface area contributed by atoms with Gasteiger partial charge in [0.25, 0.3) is 0 Å². The fourth-order valence-electron chi connectivity index (χ4n) is 1.90. The Hall–Kier alpha value is -1.52. The minimum Gasteiger partial charge on any atom is -0.496 e. The zero-order chi connectivity index (χ0) is 13.7. The smallest absolute Gasteiger partial charge is 0.124 e. The Morgan fingerprint density at radius 1 is 1.37 bits per heavy atom. The van der Waals surface area contributed by atoms with Crippen LogP contribution in [0.2, 0.25) is 5.02 Å². The van der Waals surface area contributed by atoms with E-state index in [0.29, 0.717) is 6.54 Å². The lowest BCUT2D eigenvalue weighted by Gasteiger charge is -2.10. The number of rotatable bonds is 6. The van der Waals surface area contributed by atoms with Crippen molar-refractivity contribution in [2.45, 2.75) is 26.6 Å². The summed E-state index contributed by atoms with van der Waals surface area (Å²) in [5.74, 6) is 0.809. The lowest BCUT2D eigenvalue weighted by Crippen LogP contribution is -2.13. The Morgan fingerprint density at radius 3 is 2.89 bits per heavy atom. The molecule has 0 saturated carbocycles. The van der Waals surface area contributed by atoms with Gasteiger partial charge in [-0.2, -0.15) is 5.10 Å². The number of halogens is 1. The summed E-state index contributed by atoms with van der Waals surface area (Å²) in [7, 11) is 1.65. The van der Waals surface area contributed by atoms with E-state index in [1.165, 1.54) is 0 Å². The highest BCUT2D eigenvalue weighted by molar-refractivity contribution is 6.31. The largest absolute Gasteiger partial charge is 0.496 e. The molecule has 4 nitrogen and oxygen atoms in total. The summed E-state index contributed by atoms with van der Waals surface area (Å²) in [6.07, 6.45) is 3.91. The summed E-state index contributed by atoms with van der Waals surface area (Å²) < 4.78 is 7.22. The van der Waals surface area contributed by atoms with Crippen LogP contribution in [0.3, 0.4) is 0 Å². The van der Waals surface area contributed by atoms with Gasteiger partial charge in [0.15, 0.2) is 0 Å². The van der Waals surface area contributed by atoms with Crippen molar-refractivity contribution in [3.8, 4) is 5.75 Å². The molecule has 0 atom stereocenters. The number of methoxy groups -OCH3 is 1. The SMILES string of the molecule is CCn1cc(CNCc2c(Cl)cccc2OC)cn1. The number of hydrogen-bond donors (Lipinski definition) is 1. The molecule has 0 aliphatic rings. The van der Waals surface area contributed by atoms with Gasteiger partial charge in [0.2, 0.25) is 0 Å². The Kier molecular flexibility index (Phi) is 4.82.